The van der Waals surface area contributed by atoms with Crippen molar-refractivity contribution in [2.24, 2.45) is 0 Å². The fourth-order valence-electron chi connectivity index (χ4n) is 3.43. The Balaban J connectivity index is 2.04. The second-order valence-corrected chi connectivity index (χ2v) is 8.99. The van der Waals surface area contributed by atoms with Crippen LogP contribution in [0.3, 0.4) is 0 Å². The van der Waals surface area contributed by atoms with Crippen molar-refractivity contribution in [3.8, 4) is 5.75 Å². The molecule has 1 aromatic carbocycles. The van der Waals surface area contributed by atoms with Gasteiger partial charge in [0.15, 0.2) is 0 Å². The summed E-state index contributed by atoms with van der Waals surface area (Å²) in [5.74, 6) is -2.00. The average molecular weight is 549 g/mol. The Labute approximate surface area is 238 Å². The summed E-state index contributed by atoms with van der Waals surface area (Å²) < 4.78 is 0. The number of rotatable bonds is 20. The summed E-state index contributed by atoms with van der Waals surface area (Å²) >= 11 is 0. The molecular formula is C33H44N2O5. The average Bonchev–Trinajstić information content (AvgIpc) is 2.93. The van der Waals surface area contributed by atoms with Crippen LogP contribution >= 0.6 is 0 Å². The summed E-state index contributed by atoms with van der Waals surface area (Å²) in [5, 5.41) is 23.9. The number of carbonyl (C=O) groups is 3. The molecule has 216 valence electrons. The molecule has 2 amide bonds. The van der Waals surface area contributed by atoms with Crippen molar-refractivity contribution in [1.82, 2.24) is 5.32 Å². The Morgan fingerprint density at radius 2 is 1.25 bits per heavy atom. The van der Waals surface area contributed by atoms with Crippen LogP contribution in [0.2, 0.25) is 0 Å². The van der Waals surface area contributed by atoms with Gasteiger partial charge in [-0.2, -0.15) is 0 Å². The van der Waals surface area contributed by atoms with Gasteiger partial charge in [-0.1, -0.05) is 79.8 Å². The summed E-state index contributed by atoms with van der Waals surface area (Å²) in [5.41, 5.74) is 0.0116. The number of carboxylic acid groups (broad SMARTS) is 1. The van der Waals surface area contributed by atoms with Gasteiger partial charge in [0.1, 0.15) is 11.3 Å². The Kier molecular flexibility index (Phi) is 19.3. The highest BCUT2D eigenvalue weighted by Crippen LogP contribution is 2.21. The molecule has 0 aliphatic heterocycles. The highest BCUT2D eigenvalue weighted by atomic mass is 16.4. The molecule has 0 heterocycles. The number of nitrogens with one attached hydrogen (secondary N) is 2. The first-order chi connectivity index (χ1) is 19.4. The van der Waals surface area contributed by atoms with Crippen molar-refractivity contribution in [3.05, 3.63) is 96.7 Å². The summed E-state index contributed by atoms with van der Waals surface area (Å²) in [4.78, 5) is 35.0. The van der Waals surface area contributed by atoms with Crippen LogP contribution < -0.4 is 10.6 Å². The molecule has 0 unspecified atom stereocenters. The summed E-state index contributed by atoms with van der Waals surface area (Å²) in [7, 11) is 0. The van der Waals surface area contributed by atoms with Gasteiger partial charge >= 0.3 is 5.97 Å². The van der Waals surface area contributed by atoms with E-state index in [2.05, 4.69) is 78.3 Å². The molecular weight excluding hydrogens is 504 g/mol. The minimum absolute atomic E-state index is 0.0652. The Morgan fingerprint density at radius 3 is 1.77 bits per heavy atom. The molecule has 4 N–H and O–H groups in total. The lowest BCUT2D eigenvalue weighted by Gasteiger charge is -2.08. The Morgan fingerprint density at radius 1 is 0.725 bits per heavy atom. The van der Waals surface area contributed by atoms with Gasteiger partial charge in [0.2, 0.25) is 11.8 Å². The Bertz CT molecular complexity index is 1080. The van der Waals surface area contributed by atoms with Gasteiger partial charge in [-0.3, -0.25) is 9.59 Å². The molecule has 0 spiro atoms. The fourth-order valence-corrected chi connectivity index (χ4v) is 3.43. The minimum Gasteiger partial charge on any atom is -0.507 e. The van der Waals surface area contributed by atoms with E-state index in [1.54, 1.807) is 0 Å². The topological polar surface area (TPSA) is 116 Å². The van der Waals surface area contributed by atoms with E-state index < -0.39 is 5.97 Å². The molecule has 7 heteroatoms. The lowest BCUT2D eigenvalue weighted by molar-refractivity contribution is -0.121. The molecule has 0 fully saturated rings. The van der Waals surface area contributed by atoms with Crippen molar-refractivity contribution < 1.29 is 24.6 Å². The zero-order valence-corrected chi connectivity index (χ0v) is 23.6. The first-order valence-electron chi connectivity index (χ1n) is 14.0. The van der Waals surface area contributed by atoms with Gasteiger partial charge in [-0.05, 0) is 69.6 Å². The standard InChI is InChI=1S/C33H44N2O5/c1-2-3-4-5-6-7-8-9-10-11-12-13-14-15-16-17-18-19-20-22-31(37)34-26-21-23-32(38)35-28-24-25-30(36)29(27-28)33(39)40/h3-4,6-7,9-10,12-13,15-16,18-19,24-25,27,36H,2,5,8,11,14,17,20-23,26H2,1H3,(H,34,37)(H,35,38)(H,39,40)/b4-3-,7-6-,10-9-,13-12-,16-15-,19-18-. The molecule has 0 aromatic heterocycles. The highest BCUT2D eigenvalue weighted by molar-refractivity contribution is 5.95. The number of amides is 2. The quantitative estimate of drug-likeness (QED) is 0.0769. The van der Waals surface area contributed by atoms with Gasteiger partial charge in [0, 0.05) is 25.1 Å². The highest BCUT2D eigenvalue weighted by Gasteiger charge is 2.11. The van der Waals surface area contributed by atoms with E-state index in [4.69, 9.17) is 5.11 Å². The third-order valence-corrected chi connectivity index (χ3v) is 5.55. The van der Waals surface area contributed by atoms with E-state index >= 15 is 0 Å². The molecule has 0 bridgehead atoms. The molecule has 0 aliphatic carbocycles. The number of phenols is 1. The van der Waals surface area contributed by atoms with Crippen molar-refractivity contribution >= 4 is 23.5 Å². The van der Waals surface area contributed by atoms with Crippen molar-refractivity contribution in [2.45, 2.75) is 71.1 Å². The van der Waals surface area contributed by atoms with Crippen molar-refractivity contribution in [1.29, 1.82) is 0 Å². The predicted molar refractivity (Wildman–Crippen MR) is 163 cm³/mol. The second-order valence-electron chi connectivity index (χ2n) is 8.99. The number of allylic oxidation sites excluding steroid dienone is 12. The van der Waals surface area contributed by atoms with Gasteiger partial charge < -0.3 is 20.8 Å². The van der Waals surface area contributed by atoms with Gasteiger partial charge in [-0.25, -0.2) is 4.79 Å². The van der Waals surface area contributed by atoms with Crippen LogP contribution in [0.15, 0.2) is 91.1 Å². The zero-order valence-electron chi connectivity index (χ0n) is 23.6. The molecule has 1 rings (SSSR count). The number of carbonyl (C=O) groups excluding carboxylic acids is 2. The van der Waals surface area contributed by atoms with Crippen LogP contribution in [0.4, 0.5) is 5.69 Å². The molecule has 40 heavy (non-hydrogen) atoms. The van der Waals surface area contributed by atoms with Gasteiger partial charge in [0.25, 0.3) is 0 Å². The first-order valence-corrected chi connectivity index (χ1v) is 14.0. The Hall–Kier alpha value is -4.13. The molecule has 1 aromatic rings. The predicted octanol–water partition coefficient (Wildman–Crippen LogP) is 7.40. The zero-order chi connectivity index (χ0) is 29.3. The smallest absolute Gasteiger partial charge is 0.339 e. The number of aromatic hydroxyl groups is 1. The number of hydrogen-bond acceptors (Lipinski definition) is 4. The normalized spacial score (nSPS) is 12.1. The fraction of sp³-hybridized carbons (Fsp3) is 0.364. The van der Waals surface area contributed by atoms with E-state index in [9.17, 15) is 19.5 Å². The van der Waals surface area contributed by atoms with Crippen molar-refractivity contribution in [2.75, 3.05) is 11.9 Å². The molecule has 7 nitrogen and oxygen atoms in total. The van der Waals surface area contributed by atoms with E-state index in [0.717, 1.165) is 38.5 Å². The lowest BCUT2D eigenvalue weighted by Crippen LogP contribution is -2.25. The lowest BCUT2D eigenvalue weighted by atomic mass is 10.1. The van der Waals surface area contributed by atoms with E-state index in [0.29, 0.717) is 31.5 Å². The number of anilines is 1. The molecule has 0 atom stereocenters. The van der Waals surface area contributed by atoms with Gasteiger partial charge in [0.05, 0.1) is 0 Å². The number of benzene rings is 1. The maximum atomic E-state index is 12.0. The van der Waals surface area contributed by atoms with Crippen LogP contribution in [0.1, 0.15) is 81.5 Å². The first kappa shape index (κ1) is 33.9. The number of carboxylic acids is 1. The van der Waals surface area contributed by atoms with E-state index in [1.165, 1.54) is 18.2 Å². The largest absolute Gasteiger partial charge is 0.507 e. The minimum atomic E-state index is -1.28. The summed E-state index contributed by atoms with van der Waals surface area (Å²) in [6.07, 6.45) is 33.2. The van der Waals surface area contributed by atoms with E-state index in [1.807, 2.05) is 12.2 Å². The number of hydrogen-bond donors (Lipinski definition) is 4. The van der Waals surface area contributed by atoms with Crippen LogP contribution in [0.25, 0.3) is 0 Å². The third kappa shape index (κ3) is 18.2. The van der Waals surface area contributed by atoms with Crippen LogP contribution in [0.5, 0.6) is 5.75 Å². The van der Waals surface area contributed by atoms with E-state index in [-0.39, 0.29) is 29.5 Å². The van der Waals surface area contributed by atoms with Crippen LogP contribution in [-0.4, -0.2) is 34.5 Å². The summed E-state index contributed by atoms with van der Waals surface area (Å²) in [6, 6.07) is 3.85. The van der Waals surface area contributed by atoms with Crippen molar-refractivity contribution in [3.63, 3.8) is 0 Å². The van der Waals surface area contributed by atoms with Crippen LogP contribution in [0, 0.1) is 0 Å². The maximum absolute atomic E-state index is 12.0. The molecule has 0 saturated heterocycles. The summed E-state index contributed by atoms with van der Waals surface area (Å²) in [6.45, 7) is 2.52. The molecule has 0 radical (unpaired) electrons. The second kappa shape index (κ2) is 22.8. The molecule has 0 saturated carbocycles. The number of aromatic carboxylic acids is 1. The van der Waals surface area contributed by atoms with Crippen LogP contribution in [-0.2, 0) is 9.59 Å². The monoisotopic (exact) mass is 548 g/mol. The van der Waals surface area contributed by atoms with Gasteiger partial charge in [-0.15, -0.1) is 0 Å². The molecule has 0 aliphatic rings. The third-order valence-electron chi connectivity index (χ3n) is 5.55. The maximum Gasteiger partial charge on any atom is 0.339 e. The SMILES string of the molecule is CC/C=C\C/C=C\C/C=C\C/C=C\C/C=C\C/C=C\CCC(=O)NCCCC(=O)Nc1ccc(O)c(C(=O)O)c1.